The number of sulfone groups is 1. The van der Waals surface area contributed by atoms with E-state index in [0.29, 0.717) is 97.0 Å². The third kappa shape index (κ3) is 12.7. The van der Waals surface area contributed by atoms with Crippen molar-refractivity contribution in [3.05, 3.63) is 0 Å². The normalized spacial score (nSPS) is 54.0. The second kappa shape index (κ2) is 29.5. The first-order valence-corrected chi connectivity index (χ1v) is 55.1. The third-order valence-electron chi connectivity index (χ3n) is 36.8. The van der Waals surface area contributed by atoms with Crippen molar-refractivity contribution in [2.45, 2.75) is 250 Å². The molecule has 8 aliphatic heterocycles. The van der Waals surface area contributed by atoms with E-state index in [1.807, 2.05) is 47.6 Å². The number of hydrogen-bond donors (Lipinski definition) is 0. The maximum atomic E-state index is 12.9. The van der Waals surface area contributed by atoms with Crippen LogP contribution in [-0.4, -0.2) is 214 Å². The number of fused-ring (bicyclic) bond motifs is 8. The molecule has 44 unspecified atom stereocenters. The summed E-state index contributed by atoms with van der Waals surface area (Å²) in [6.45, 7) is 22.8. The molecule has 33 nitrogen and oxygen atoms in total. The second-order valence-electron chi connectivity index (χ2n) is 41.4. The molecule has 0 N–H and O–H groups in total. The monoisotopic (exact) mass is 1910 g/mol. The first-order valence-electron chi connectivity index (χ1n) is 43.3. The summed E-state index contributed by atoms with van der Waals surface area (Å²) in [4.78, 5) is 45.8. The summed E-state index contributed by atoms with van der Waals surface area (Å²) in [5.74, 6) is 0.214. The highest BCUT2D eigenvalue weighted by Crippen LogP contribution is 2.73. The van der Waals surface area contributed by atoms with Crippen molar-refractivity contribution in [1.29, 1.82) is 10.5 Å². The van der Waals surface area contributed by atoms with Gasteiger partial charge in [-0.2, -0.15) is 82.6 Å². The highest BCUT2D eigenvalue weighted by molar-refractivity contribution is 7.93. The van der Waals surface area contributed by atoms with Crippen LogP contribution in [0.1, 0.15) is 160 Å². The standard InChI is InChI=1S/C14H20O7S.2C10H14O5S.C10H16O2S.C9H11F3O3S.2C9H11NO3S.C9H14O3S/c1-8-12-14(7-20-10(3)16)5-13(8,6-19-9(2)15)4-11(14)22(17,18)21-12;1-5-6-3-7-8(5)15-16(12,13)10(7,4-6)9(11)14-2;1-4-5-3-6-8(4)15-16(12,13)9(6)7(5)10(11)14-2;1-6-7-3-9-8(6)5-13(11,12)10(9,2)4-7;1-3-4-2-5-7(3)15-16(13,14)8(5)6(4)9(10,11)12;1-5-6-2-7-8(5)13-14(11,12)9(7,3-6)4-10;1-4-5-2-6-8(4)13-14(11,12)9(6)7(5)3-10;1-4-6-3-7-8(4)12-13(10,11)9(7)5(6)2/h8,11-12H,4-7H2,1-3H3;5-8H,3-4H2,1-2H3;4-9H,3H2,1-2H3;6-9H,3-5H2,1-2H3;3-8H,2H2,1H3;5-8H,2-3H2,1H3;4-9H,2H2,1H3;4-9H,3H2,1-2H3. The Bertz CT molecular complexity index is 5540. The number of nitriles is 2. The summed E-state index contributed by atoms with van der Waals surface area (Å²) in [6.07, 6.45) is 2.15. The molecular formula is C80H111F3N2O31S8. The molecule has 24 rings (SSSR count). The Morgan fingerprint density at radius 3 is 1.45 bits per heavy atom. The molecule has 24 fully saturated rings. The van der Waals surface area contributed by atoms with Crippen LogP contribution < -0.4 is 0 Å². The van der Waals surface area contributed by atoms with Crippen molar-refractivity contribution in [2.75, 3.05) is 33.2 Å². The molecule has 0 aromatic rings. The number of methoxy groups -OCH3 is 2. The van der Waals surface area contributed by atoms with Crippen molar-refractivity contribution in [1.82, 2.24) is 0 Å². The molecule has 124 heavy (non-hydrogen) atoms. The molecule has 8 heterocycles. The molecular weight excluding hydrogens is 1800 g/mol. The van der Waals surface area contributed by atoms with E-state index in [-0.39, 0.29) is 137 Å². The van der Waals surface area contributed by atoms with E-state index in [1.54, 1.807) is 6.92 Å². The summed E-state index contributed by atoms with van der Waals surface area (Å²) >= 11 is 0. The van der Waals surface area contributed by atoms with E-state index >= 15 is 0 Å². The molecule has 16 saturated carbocycles. The number of hydrogen-bond acceptors (Lipinski definition) is 33. The largest absolute Gasteiger partial charge is 0.469 e. The fourth-order valence-electron chi connectivity index (χ4n) is 30.9. The van der Waals surface area contributed by atoms with Gasteiger partial charge in [0.25, 0.3) is 70.8 Å². The zero-order valence-electron chi connectivity index (χ0n) is 71.1. The van der Waals surface area contributed by atoms with Gasteiger partial charge in [0, 0.05) is 54.8 Å². The molecule has 44 heteroatoms. The van der Waals surface area contributed by atoms with E-state index in [2.05, 4.69) is 31.6 Å². The van der Waals surface area contributed by atoms with Crippen molar-refractivity contribution in [3.63, 3.8) is 0 Å². The predicted octanol–water partition coefficient (Wildman–Crippen LogP) is 6.27. The van der Waals surface area contributed by atoms with Gasteiger partial charge >= 0.3 is 30.1 Å². The minimum absolute atomic E-state index is 0.00546. The molecule has 16 bridgehead atoms. The first kappa shape index (κ1) is 91.8. The Balaban J connectivity index is 0.000000101. The molecule has 24 aliphatic rings. The van der Waals surface area contributed by atoms with Gasteiger partial charge in [0.05, 0.1) is 120 Å². The lowest BCUT2D eigenvalue weighted by molar-refractivity contribution is -0.190. The molecule has 0 spiro atoms. The smallest absolute Gasteiger partial charge is 0.393 e. The summed E-state index contributed by atoms with van der Waals surface area (Å²) in [5, 5.41) is 14.6. The quantitative estimate of drug-likeness (QED) is 0.161. The van der Waals surface area contributed by atoms with E-state index < -0.39 is 182 Å². The van der Waals surface area contributed by atoms with Crippen molar-refractivity contribution in [3.8, 4) is 12.1 Å². The molecule has 696 valence electrons. The Kier molecular flexibility index (Phi) is 21.8. The molecule has 0 radical (unpaired) electrons. The lowest BCUT2D eigenvalue weighted by Crippen LogP contribution is -2.48. The van der Waals surface area contributed by atoms with Crippen LogP contribution in [0.3, 0.4) is 0 Å². The topological polar surface area (TPSA) is 491 Å². The summed E-state index contributed by atoms with van der Waals surface area (Å²) < 4.78 is 280. The van der Waals surface area contributed by atoms with E-state index in [0.717, 1.165) is 38.5 Å². The fraction of sp³-hybridized carbons (Fsp3) is 0.925. The molecule has 16 aliphatic carbocycles. The number of esters is 4. The fourth-order valence-corrected chi connectivity index (χ4v) is 48.2. The third-order valence-corrected chi connectivity index (χ3v) is 52.6. The number of carbonyl (C=O) groups is 4. The van der Waals surface area contributed by atoms with Crippen LogP contribution in [0.2, 0.25) is 0 Å². The lowest BCUT2D eigenvalue weighted by Gasteiger charge is -2.35. The maximum absolute atomic E-state index is 12.9. The zero-order chi connectivity index (χ0) is 90.6. The number of carbonyl (C=O) groups excluding carboxylic acids is 4. The van der Waals surface area contributed by atoms with Crippen LogP contribution in [-0.2, 0) is 148 Å². The first-order chi connectivity index (χ1) is 57.3. The lowest BCUT2D eigenvalue weighted by atomic mass is 9.73. The Labute approximate surface area is 723 Å². The number of nitrogens with zero attached hydrogens (tertiary/aromatic N) is 2. The van der Waals surface area contributed by atoms with Gasteiger partial charge in [-0.15, -0.1) is 0 Å². The van der Waals surface area contributed by atoms with Crippen LogP contribution in [0.4, 0.5) is 13.2 Å². The average Bonchev–Trinajstić information content (AvgIpc) is 1.49. The predicted molar refractivity (Wildman–Crippen MR) is 423 cm³/mol. The highest BCUT2D eigenvalue weighted by atomic mass is 32.2. The van der Waals surface area contributed by atoms with Crippen LogP contribution >= 0.6 is 0 Å². The van der Waals surface area contributed by atoms with Gasteiger partial charge in [-0.1, -0.05) is 62.3 Å². The molecule has 0 aromatic carbocycles. The molecule has 44 atom stereocenters. The number of ether oxygens (including phenoxy) is 4. The van der Waals surface area contributed by atoms with Crippen molar-refractivity contribution < 1.29 is 148 Å². The summed E-state index contributed by atoms with van der Waals surface area (Å²) in [6, 6.07) is 4.15. The van der Waals surface area contributed by atoms with Crippen LogP contribution in [0, 0.1) is 193 Å². The SMILES string of the molecule is CC(=O)OCC12CC3C(COC(C)=O)(C1)C(OS3(=O)=O)C2C.CC1C2CC3C1CS(=O)(=O)C3(C)C2.CC1C2CC3C1OS(=O)(=O)C3(C#N)C2.CC1C2CC3C1OS(=O)(=O)C3C2C.CC1C2CC3C1OS(=O)(=O)C3C2C#N.CC1C2CC3C1OS(=O)(=O)C3C2C(F)(F)F.COC(=O)C12CC3CC1C(OS2(=O)=O)C3C.COC(=O)C1C2CC3C(OS(=O)(=O)C31)C2C. The van der Waals surface area contributed by atoms with Crippen molar-refractivity contribution >= 4 is 105 Å². The number of alkyl halides is 3. The Morgan fingerprint density at radius 2 is 0.919 bits per heavy atom. The zero-order valence-corrected chi connectivity index (χ0v) is 77.6. The van der Waals surface area contributed by atoms with E-state index in [1.165, 1.54) is 34.5 Å². The van der Waals surface area contributed by atoms with E-state index in [9.17, 15) is 99.7 Å². The Hall–Kier alpha value is -4.03. The van der Waals surface area contributed by atoms with Gasteiger partial charge in [-0.05, 0) is 190 Å². The van der Waals surface area contributed by atoms with Gasteiger partial charge in [-0.25, -0.2) is 8.42 Å². The minimum Gasteiger partial charge on any atom is -0.469 e. The van der Waals surface area contributed by atoms with Gasteiger partial charge < -0.3 is 18.9 Å². The number of rotatable bonds is 6. The minimum atomic E-state index is -4.44. The van der Waals surface area contributed by atoms with Gasteiger partial charge in [-0.3, -0.25) is 48.5 Å². The number of halogens is 3. The molecule has 0 amide bonds. The molecule has 0 aromatic heterocycles. The van der Waals surface area contributed by atoms with Gasteiger partial charge in [0.1, 0.15) is 22.4 Å². The van der Waals surface area contributed by atoms with Crippen LogP contribution in [0.25, 0.3) is 0 Å². The highest BCUT2D eigenvalue weighted by Gasteiger charge is 2.81. The summed E-state index contributed by atoms with van der Waals surface area (Å²) in [7, 11) is -25.6. The van der Waals surface area contributed by atoms with Crippen LogP contribution in [0.15, 0.2) is 0 Å². The van der Waals surface area contributed by atoms with Crippen molar-refractivity contribution in [2.24, 2.45) is 171 Å². The maximum Gasteiger partial charge on any atom is 0.393 e. The van der Waals surface area contributed by atoms with Gasteiger partial charge in [0.15, 0.2) is 19.3 Å². The van der Waals surface area contributed by atoms with Crippen LogP contribution in [0.5, 0.6) is 0 Å². The second-order valence-corrected chi connectivity index (χ2v) is 56.2. The van der Waals surface area contributed by atoms with Gasteiger partial charge in [0.2, 0.25) is 0 Å². The summed E-state index contributed by atoms with van der Waals surface area (Å²) in [5.41, 5.74) is -1.14. The Morgan fingerprint density at radius 1 is 0.452 bits per heavy atom. The average molecular weight is 1910 g/mol. The molecule has 8 saturated heterocycles. The van der Waals surface area contributed by atoms with E-state index in [4.69, 9.17) is 54.0 Å².